The van der Waals surface area contributed by atoms with Crippen LogP contribution in [0.15, 0.2) is 30.3 Å². The molecule has 0 atom stereocenters. The van der Waals surface area contributed by atoms with E-state index in [1.807, 2.05) is 18.2 Å². The highest BCUT2D eigenvalue weighted by molar-refractivity contribution is 7.10. The maximum Gasteiger partial charge on any atom is 0.236 e. The monoisotopic (exact) mass is 358 g/mol. The van der Waals surface area contributed by atoms with Gasteiger partial charge in [0.05, 0.1) is 0 Å². The Morgan fingerprint density at radius 3 is 2.72 bits per heavy atom. The Balaban J connectivity index is 1.53. The molecule has 0 spiro atoms. The zero-order chi connectivity index (χ0) is 17.5. The van der Waals surface area contributed by atoms with Crippen molar-refractivity contribution in [3.8, 4) is 5.88 Å². The minimum absolute atomic E-state index is 0.0617. The topological polar surface area (TPSA) is 81.0 Å². The Morgan fingerprint density at radius 2 is 1.96 bits per heavy atom. The summed E-state index contributed by atoms with van der Waals surface area (Å²) in [4.78, 5) is 0. The number of anilines is 1. The highest BCUT2D eigenvalue weighted by atomic mass is 32.1. The number of nitrogens with zero attached hydrogens (tertiary/aromatic N) is 1. The zero-order valence-corrected chi connectivity index (χ0v) is 15.2. The van der Waals surface area contributed by atoms with Gasteiger partial charge in [0.15, 0.2) is 0 Å². The molecule has 2 aromatic rings. The quantitative estimate of drug-likeness (QED) is 0.445. The van der Waals surface area contributed by atoms with Gasteiger partial charge in [-0.3, -0.25) is 5.41 Å². The molecule has 1 aliphatic carbocycles. The van der Waals surface area contributed by atoms with Gasteiger partial charge in [-0.15, -0.1) is 0 Å². The summed E-state index contributed by atoms with van der Waals surface area (Å²) in [6.45, 7) is 1.55. The van der Waals surface area contributed by atoms with Crippen molar-refractivity contribution in [2.24, 2.45) is 5.92 Å². The van der Waals surface area contributed by atoms with E-state index in [1.54, 1.807) is 0 Å². The third kappa shape index (κ3) is 4.95. The molecule has 1 heterocycles. The van der Waals surface area contributed by atoms with E-state index in [-0.39, 0.29) is 11.7 Å². The second-order valence-electron chi connectivity index (χ2n) is 6.63. The molecule has 6 heteroatoms. The first-order chi connectivity index (χ1) is 12.2. The van der Waals surface area contributed by atoms with Crippen LogP contribution in [0.4, 0.5) is 5.00 Å². The van der Waals surface area contributed by atoms with Crippen LogP contribution in [0.2, 0.25) is 0 Å². The molecule has 0 saturated heterocycles. The van der Waals surface area contributed by atoms with Crippen molar-refractivity contribution in [2.45, 2.75) is 38.5 Å². The number of rotatable bonds is 7. The molecular formula is C19H26N4OS. The van der Waals surface area contributed by atoms with Crippen LogP contribution in [-0.4, -0.2) is 28.4 Å². The lowest BCUT2D eigenvalue weighted by molar-refractivity contribution is 0.356. The molecule has 1 aliphatic rings. The Bertz CT molecular complexity index is 680. The van der Waals surface area contributed by atoms with Crippen molar-refractivity contribution in [1.29, 1.82) is 5.41 Å². The highest BCUT2D eigenvalue weighted by Gasteiger charge is 2.19. The van der Waals surface area contributed by atoms with E-state index in [0.29, 0.717) is 11.5 Å². The van der Waals surface area contributed by atoms with Crippen LogP contribution in [0.5, 0.6) is 5.88 Å². The van der Waals surface area contributed by atoms with Gasteiger partial charge in [-0.2, -0.15) is 4.37 Å². The summed E-state index contributed by atoms with van der Waals surface area (Å²) >= 11 is 1.21. The fourth-order valence-electron chi connectivity index (χ4n) is 3.32. The van der Waals surface area contributed by atoms with Gasteiger partial charge >= 0.3 is 0 Å². The van der Waals surface area contributed by atoms with Crippen molar-refractivity contribution in [1.82, 2.24) is 9.69 Å². The van der Waals surface area contributed by atoms with Gasteiger partial charge in [-0.25, -0.2) is 0 Å². The van der Waals surface area contributed by atoms with Crippen LogP contribution in [0, 0.1) is 11.3 Å². The molecule has 5 nitrogen and oxygen atoms in total. The first kappa shape index (κ1) is 17.7. The van der Waals surface area contributed by atoms with Crippen LogP contribution in [-0.2, 0) is 6.42 Å². The van der Waals surface area contributed by atoms with Gasteiger partial charge in [0.1, 0.15) is 16.4 Å². The molecule has 0 aliphatic heterocycles. The number of aromatic nitrogens is 1. The Morgan fingerprint density at radius 1 is 1.20 bits per heavy atom. The van der Waals surface area contributed by atoms with Gasteiger partial charge in [-0.05, 0) is 42.3 Å². The van der Waals surface area contributed by atoms with Gasteiger partial charge in [0, 0.05) is 13.1 Å². The summed E-state index contributed by atoms with van der Waals surface area (Å²) in [6, 6.07) is 10.3. The van der Waals surface area contributed by atoms with Crippen LogP contribution < -0.4 is 10.6 Å². The smallest absolute Gasteiger partial charge is 0.236 e. The molecule has 4 N–H and O–H groups in total. The molecular weight excluding hydrogens is 332 g/mol. The van der Waals surface area contributed by atoms with Crippen molar-refractivity contribution in [3.63, 3.8) is 0 Å². The van der Waals surface area contributed by atoms with Gasteiger partial charge in [-0.1, -0.05) is 49.6 Å². The Labute approximate surface area is 153 Å². The van der Waals surface area contributed by atoms with Crippen LogP contribution in [0.25, 0.3) is 0 Å². The lowest BCUT2D eigenvalue weighted by Gasteiger charge is -2.22. The highest BCUT2D eigenvalue weighted by Crippen LogP contribution is 2.30. The van der Waals surface area contributed by atoms with Gasteiger partial charge in [0.2, 0.25) is 5.88 Å². The predicted octanol–water partition coefficient (Wildman–Crippen LogP) is 4.00. The molecule has 1 fully saturated rings. The van der Waals surface area contributed by atoms with E-state index in [0.717, 1.165) is 24.5 Å². The molecule has 0 amide bonds. The van der Waals surface area contributed by atoms with E-state index < -0.39 is 0 Å². The van der Waals surface area contributed by atoms with Gasteiger partial charge in [0.25, 0.3) is 0 Å². The van der Waals surface area contributed by atoms with E-state index in [4.69, 9.17) is 5.41 Å². The van der Waals surface area contributed by atoms with E-state index in [9.17, 15) is 5.11 Å². The van der Waals surface area contributed by atoms with Crippen molar-refractivity contribution in [3.05, 3.63) is 41.5 Å². The number of hydrogen-bond donors (Lipinski definition) is 4. The van der Waals surface area contributed by atoms with Gasteiger partial charge < -0.3 is 15.7 Å². The average Bonchev–Trinajstić information content (AvgIpc) is 3.02. The minimum Gasteiger partial charge on any atom is -0.492 e. The Kier molecular flexibility index (Phi) is 6.28. The summed E-state index contributed by atoms with van der Waals surface area (Å²) < 4.78 is 4.01. The van der Waals surface area contributed by atoms with E-state index in [2.05, 4.69) is 27.1 Å². The van der Waals surface area contributed by atoms with Crippen molar-refractivity contribution >= 4 is 22.4 Å². The van der Waals surface area contributed by atoms with E-state index >= 15 is 0 Å². The largest absolute Gasteiger partial charge is 0.492 e. The lowest BCUT2D eigenvalue weighted by atomic mass is 9.89. The molecule has 1 aromatic heterocycles. The van der Waals surface area contributed by atoms with Crippen molar-refractivity contribution < 1.29 is 5.11 Å². The van der Waals surface area contributed by atoms with Crippen molar-refractivity contribution in [2.75, 3.05) is 18.4 Å². The van der Waals surface area contributed by atoms with Crippen LogP contribution in [0.3, 0.4) is 0 Å². The first-order valence-electron chi connectivity index (χ1n) is 9.03. The lowest BCUT2D eigenvalue weighted by Crippen LogP contribution is -2.30. The first-order valence-corrected chi connectivity index (χ1v) is 9.80. The molecule has 1 saturated carbocycles. The summed E-state index contributed by atoms with van der Waals surface area (Å²) in [5, 5.41) is 25.6. The third-order valence-electron chi connectivity index (χ3n) is 4.76. The molecule has 3 rings (SSSR count). The number of benzene rings is 1. The molecule has 25 heavy (non-hydrogen) atoms. The molecule has 1 aromatic carbocycles. The fraction of sp³-hybridized carbons (Fsp3) is 0.474. The summed E-state index contributed by atoms with van der Waals surface area (Å²) in [5.41, 5.74) is 1.75. The summed E-state index contributed by atoms with van der Waals surface area (Å²) in [7, 11) is 0. The Hall–Kier alpha value is -2.08. The zero-order valence-electron chi connectivity index (χ0n) is 14.4. The molecule has 0 unspecified atom stereocenters. The van der Waals surface area contributed by atoms with Crippen LogP contribution in [0.1, 0.15) is 43.2 Å². The maximum absolute atomic E-state index is 10.0. The second-order valence-corrected chi connectivity index (χ2v) is 7.41. The molecule has 134 valence electrons. The maximum atomic E-state index is 10.0. The summed E-state index contributed by atoms with van der Waals surface area (Å²) in [6.07, 6.45) is 7.27. The fourth-order valence-corrected chi connectivity index (χ4v) is 4.04. The molecule has 0 radical (unpaired) electrons. The standard InChI is InChI=1S/C19H26N4OS/c20-17(22-13-15-9-5-2-6-10-15)16-18(24)23-25-19(16)21-12-11-14-7-3-1-4-8-14/h1,3-4,7-8,15,21H,2,5-6,9-13H2,(H2,20,22)(H,23,24). The minimum atomic E-state index is -0.0617. The third-order valence-corrected chi connectivity index (χ3v) is 5.55. The normalized spacial score (nSPS) is 15.0. The number of aromatic hydroxyl groups is 1. The summed E-state index contributed by atoms with van der Waals surface area (Å²) in [5.74, 6) is 0.838. The second kappa shape index (κ2) is 8.85. The van der Waals surface area contributed by atoms with Crippen LogP contribution >= 0.6 is 11.5 Å². The number of hydrogen-bond acceptors (Lipinski definition) is 5. The average molecular weight is 359 g/mol. The van der Waals surface area contributed by atoms with E-state index in [1.165, 1.54) is 49.2 Å². The molecule has 0 bridgehead atoms. The number of nitrogens with one attached hydrogen (secondary N) is 3. The SMILES string of the molecule is N=C(NCC1CCCCC1)c1c(O)nsc1NCCc1ccccc1. The predicted molar refractivity (Wildman–Crippen MR) is 104 cm³/mol. The number of amidine groups is 1.